The summed E-state index contributed by atoms with van der Waals surface area (Å²) in [6, 6.07) is -3.52. The molecule has 230 valence electrons. The Labute approximate surface area is 240 Å². The first-order chi connectivity index (χ1) is 19.0. The molecule has 1 heterocycles. The van der Waals surface area contributed by atoms with Crippen molar-refractivity contribution in [3.63, 3.8) is 0 Å². The van der Waals surface area contributed by atoms with Crippen LogP contribution < -0.4 is 16.0 Å². The monoisotopic (exact) mass is 566 g/mol. The van der Waals surface area contributed by atoms with Gasteiger partial charge in [0.05, 0.1) is 0 Å². The van der Waals surface area contributed by atoms with Crippen LogP contribution in [0.25, 0.3) is 0 Å². The molecule has 0 spiro atoms. The second-order valence-electron chi connectivity index (χ2n) is 11.6. The molecule has 0 aromatic heterocycles. The molecule has 1 aliphatic heterocycles. The summed E-state index contributed by atoms with van der Waals surface area (Å²) < 4.78 is 0. The number of hydrogen-bond donors (Lipinski definition) is 4. The Hall–Kier alpha value is -2.65. The van der Waals surface area contributed by atoms with Gasteiger partial charge in [-0.25, -0.2) is 4.79 Å². The van der Waals surface area contributed by atoms with E-state index in [-0.39, 0.29) is 11.8 Å². The van der Waals surface area contributed by atoms with Crippen LogP contribution in [0.15, 0.2) is 0 Å². The minimum absolute atomic E-state index is 0.188. The SMILES string of the molecule is CCCCCCCCCCCCCC(=O)N[C@@H](C)C(=O)N[C@@H](C)C(=O)N1CCC[C@H]1C(=O)N[C@H](C(=O)O)C(C)C. The second-order valence-corrected chi connectivity index (χ2v) is 11.6. The fourth-order valence-corrected chi connectivity index (χ4v) is 5.04. The molecule has 10 nitrogen and oxygen atoms in total. The van der Waals surface area contributed by atoms with Crippen molar-refractivity contribution in [2.45, 2.75) is 149 Å². The first-order valence-electron chi connectivity index (χ1n) is 15.4. The van der Waals surface area contributed by atoms with Gasteiger partial charge in [-0.05, 0) is 39.0 Å². The van der Waals surface area contributed by atoms with Crippen LogP contribution in [0.5, 0.6) is 0 Å². The summed E-state index contributed by atoms with van der Waals surface area (Å²) in [6.07, 6.45) is 14.6. The lowest BCUT2D eigenvalue weighted by molar-refractivity contribution is -0.145. The number of carboxylic acids is 1. The number of carbonyl (C=O) groups excluding carboxylic acids is 4. The van der Waals surface area contributed by atoms with Crippen LogP contribution in [-0.4, -0.2) is 70.3 Å². The number of rotatable bonds is 20. The van der Waals surface area contributed by atoms with Crippen molar-refractivity contribution >= 4 is 29.6 Å². The molecule has 4 atom stereocenters. The third kappa shape index (κ3) is 13.1. The molecule has 1 rings (SSSR count). The van der Waals surface area contributed by atoms with Gasteiger partial charge in [-0.3, -0.25) is 19.2 Å². The molecule has 40 heavy (non-hydrogen) atoms. The zero-order valence-corrected chi connectivity index (χ0v) is 25.4. The van der Waals surface area contributed by atoms with Crippen LogP contribution in [0, 0.1) is 5.92 Å². The highest BCUT2D eigenvalue weighted by atomic mass is 16.4. The molecule has 0 unspecified atom stereocenters. The topological polar surface area (TPSA) is 145 Å². The van der Waals surface area contributed by atoms with Crippen LogP contribution in [0.2, 0.25) is 0 Å². The standard InChI is InChI=1S/C30H54N4O6/c1-6-7-8-9-10-11-12-13-14-15-16-19-25(35)31-22(4)27(36)32-23(5)29(38)34-20-17-18-24(34)28(37)33-26(21(2)3)30(39)40/h21-24,26H,6-20H2,1-5H3,(H,31,35)(H,32,36)(H,33,37)(H,39,40)/t22-,23-,24-,26-/m0/s1. The van der Waals surface area contributed by atoms with Gasteiger partial charge in [0.15, 0.2) is 0 Å². The normalized spacial score (nSPS) is 17.2. The van der Waals surface area contributed by atoms with Gasteiger partial charge in [-0.15, -0.1) is 0 Å². The summed E-state index contributed by atoms with van der Waals surface area (Å²) in [4.78, 5) is 63.6. The zero-order chi connectivity index (χ0) is 30.1. The highest BCUT2D eigenvalue weighted by Crippen LogP contribution is 2.19. The Bertz CT molecular complexity index is 818. The summed E-state index contributed by atoms with van der Waals surface area (Å²) in [5.41, 5.74) is 0. The highest BCUT2D eigenvalue weighted by Gasteiger charge is 2.38. The lowest BCUT2D eigenvalue weighted by atomic mass is 10.0. The van der Waals surface area contributed by atoms with E-state index in [2.05, 4.69) is 22.9 Å². The largest absolute Gasteiger partial charge is 0.480 e. The van der Waals surface area contributed by atoms with Crippen LogP contribution in [0.3, 0.4) is 0 Å². The third-order valence-electron chi connectivity index (χ3n) is 7.58. The number of carbonyl (C=O) groups is 5. The third-order valence-corrected chi connectivity index (χ3v) is 7.58. The molecule has 0 bridgehead atoms. The molecule has 4 amide bonds. The van der Waals surface area contributed by atoms with Gasteiger partial charge < -0.3 is 26.0 Å². The summed E-state index contributed by atoms with van der Waals surface area (Å²) in [5.74, 6) is -3.02. The van der Waals surface area contributed by atoms with Gasteiger partial charge in [-0.1, -0.05) is 85.0 Å². The summed E-state index contributed by atoms with van der Waals surface area (Å²) >= 11 is 0. The molecule has 1 aliphatic rings. The second kappa shape index (κ2) is 19.4. The number of hydrogen-bond acceptors (Lipinski definition) is 5. The molecule has 1 saturated heterocycles. The maximum Gasteiger partial charge on any atom is 0.326 e. The predicted molar refractivity (Wildman–Crippen MR) is 155 cm³/mol. The van der Waals surface area contributed by atoms with Gasteiger partial charge in [0.25, 0.3) is 0 Å². The number of carboxylic acid groups (broad SMARTS) is 1. The molecule has 0 aliphatic carbocycles. The minimum Gasteiger partial charge on any atom is -0.480 e. The van der Waals surface area contributed by atoms with Crippen molar-refractivity contribution in [3.05, 3.63) is 0 Å². The summed E-state index contributed by atoms with van der Waals surface area (Å²) in [5, 5.41) is 17.2. The Morgan fingerprint density at radius 3 is 1.85 bits per heavy atom. The Morgan fingerprint density at radius 2 is 1.32 bits per heavy atom. The fourth-order valence-electron chi connectivity index (χ4n) is 5.04. The van der Waals surface area contributed by atoms with E-state index < -0.39 is 47.9 Å². The molecular weight excluding hydrogens is 512 g/mol. The van der Waals surface area contributed by atoms with Crippen molar-refractivity contribution in [2.75, 3.05) is 6.54 Å². The lowest BCUT2D eigenvalue weighted by Crippen LogP contribution is -2.56. The Balaban J connectivity index is 2.36. The van der Waals surface area contributed by atoms with E-state index in [0.717, 1.165) is 19.3 Å². The van der Waals surface area contributed by atoms with Crippen molar-refractivity contribution in [3.8, 4) is 0 Å². The van der Waals surface area contributed by atoms with Gasteiger partial charge in [-0.2, -0.15) is 0 Å². The average molecular weight is 567 g/mol. The zero-order valence-electron chi connectivity index (χ0n) is 25.4. The van der Waals surface area contributed by atoms with Crippen molar-refractivity contribution in [1.29, 1.82) is 0 Å². The van der Waals surface area contributed by atoms with Crippen molar-refractivity contribution in [2.24, 2.45) is 5.92 Å². The first kappa shape index (κ1) is 35.4. The number of nitrogens with zero attached hydrogens (tertiary/aromatic N) is 1. The molecule has 1 fully saturated rings. The van der Waals surface area contributed by atoms with Crippen LogP contribution in [0.1, 0.15) is 125 Å². The van der Waals surface area contributed by atoms with Crippen LogP contribution in [0.4, 0.5) is 0 Å². The summed E-state index contributed by atoms with van der Waals surface area (Å²) in [6.45, 7) is 9.10. The van der Waals surface area contributed by atoms with Crippen LogP contribution in [-0.2, 0) is 24.0 Å². The number of likely N-dealkylation sites (tertiary alicyclic amines) is 1. The quantitative estimate of drug-likeness (QED) is 0.164. The molecule has 0 saturated carbocycles. The number of aliphatic carboxylic acids is 1. The smallest absolute Gasteiger partial charge is 0.326 e. The maximum absolute atomic E-state index is 13.0. The molecular formula is C30H54N4O6. The average Bonchev–Trinajstić information content (AvgIpc) is 3.39. The van der Waals surface area contributed by atoms with Crippen molar-refractivity contribution in [1.82, 2.24) is 20.9 Å². The molecule has 4 N–H and O–H groups in total. The highest BCUT2D eigenvalue weighted by molar-refractivity contribution is 5.95. The van der Waals surface area contributed by atoms with Gasteiger partial charge in [0.2, 0.25) is 23.6 Å². The van der Waals surface area contributed by atoms with Crippen molar-refractivity contribution < 1.29 is 29.1 Å². The van der Waals surface area contributed by atoms with Crippen LogP contribution >= 0.6 is 0 Å². The number of unbranched alkanes of at least 4 members (excludes halogenated alkanes) is 10. The van der Waals surface area contributed by atoms with Gasteiger partial charge >= 0.3 is 5.97 Å². The lowest BCUT2D eigenvalue weighted by Gasteiger charge is -2.29. The molecule has 0 aromatic rings. The number of nitrogens with one attached hydrogen (secondary N) is 3. The molecule has 0 aromatic carbocycles. The predicted octanol–water partition coefficient (Wildman–Crippen LogP) is 3.91. The van der Waals surface area contributed by atoms with E-state index in [1.54, 1.807) is 27.7 Å². The van der Waals surface area contributed by atoms with E-state index in [9.17, 15) is 29.1 Å². The fraction of sp³-hybridized carbons (Fsp3) is 0.833. The molecule has 10 heteroatoms. The Morgan fingerprint density at radius 1 is 0.775 bits per heavy atom. The Kier molecular flexibility index (Phi) is 17.2. The minimum atomic E-state index is -1.13. The first-order valence-corrected chi connectivity index (χ1v) is 15.4. The van der Waals surface area contributed by atoms with E-state index in [1.807, 2.05) is 0 Å². The molecule has 0 radical (unpaired) electrons. The van der Waals surface area contributed by atoms with E-state index in [4.69, 9.17) is 0 Å². The van der Waals surface area contributed by atoms with E-state index in [1.165, 1.54) is 56.3 Å². The van der Waals surface area contributed by atoms with Gasteiger partial charge in [0, 0.05) is 13.0 Å². The number of amides is 4. The summed E-state index contributed by atoms with van der Waals surface area (Å²) in [7, 11) is 0. The van der Waals surface area contributed by atoms with E-state index in [0.29, 0.717) is 25.8 Å². The maximum atomic E-state index is 13.0. The van der Waals surface area contributed by atoms with Gasteiger partial charge in [0.1, 0.15) is 24.2 Å². The van der Waals surface area contributed by atoms with E-state index >= 15 is 0 Å².